The van der Waals surface area contributed by atoms with Gasteiger partial charge in [-0.2, -0.15) is 4.31 Å². The number of rotatable bonds is 11. The van der Waals surface area contributed by atoms with Crippen LogP contribution in [0, 0.1) is 5.82 Å². The minimum absolute atomic E-state index is 0.0109. The molecule has 1 amide bonds. The molecule has 3 aromatic rings. The summed E-state index contributed by atoms with van der Waals surface area (Å²) in [5, 5.41) is 10.7. The molecule has 0 bridgehead atoms. The number of carbonyl (C=O) groups excluding carboxylic acids is 1. The molecule has 2 saturated heterocycles. The molecule has 1 aliphatic carbocycles. The fourth-order valence-corrected chi connectivity index (χ4v) is 10.2. The first-order valence-corrected chi connectivity index (χ1v) is 20.5. The molecule has 13 nitrogen and oxygen atoms in total. The van der Waals surface area contributed by atoms with Crippen molar-refractivity contribution >= 4 is 36.9 Å². The lowest BCUT2D eigenvalue weighted by Crippen LogP contribution is -2.50. The summed E-state index contributed by atoms with van der Waals surface area (Å²) in [6.45, 7) is 7.04. The Morgan fingerprint density at radius 2 is 1.81 bits per heavy atom. The second-order valence-corrected chi connectivity index (χ2v) is 19.0. The van der Waals surface area contributed by atoms with E-state index in [1.54, 1.807) is 39.8 Å². The zero-order chi connectivity index (χ0) is 37.6. The maximum atomic E-state index is 14.6. The topological polar surface area (TPSA) is 162 Å². The van der Waals surface area contributed by atoms with Crippen LogP contribution in [-0.4, -0.2) is 103 Å². The number of aliphatic hydroxyl groups is 1. The molecule has 1 N–H and O–H groups in total. The van der Waals surface area contributed by atoms with Crippen LogP contribution in [0.2, 0.25) is 0 Å². The van der Waals surface area contributed by atoms with Crippen molar-refractivity contribution in [3.63, 3.8) is 0 Å². The van der Waals surface area contributed by atoms with Crippen molar-refractivity contribution in [2.45, 2.75) is 105 Å². The molecule has 284 valence electrons. The van der Waals surface area contributed by atoms with Gasteiger partial charge in [-0.05, 0) is 90.1 Å². The van der Waals surface area contributed by atoms with Crippen molar-refractivity contribution in [2.75, 3.05) is 32.8 Å². The van der Waals surface area contributed by atoms with E-state index in [0.29, 0.717) is 32.1 Å². The summed E-state index contributed by atoms with van der Waals surface area (Å²) >= 11 is 0. The number of amides is 1. The molecule has 3 fully saturated rings. The van der Waals surface area contributed by atoms with Gasteiger partial charge in [0.25, 0.3) is 0 Å². The monoisotopic (exact) mass is 763 g/mol. The number of ether oxygens (including phenoxy) is 3. The van der Waals surface area contributed by atoms with Crippen molar-refractivity contribution < 1.29 is 45.3 Å². The van der Waals surface area contributed by atoms with Gasteiger partial charge in [0, 0.05) is 25.8 Å². The molecule has 2 atom stereocenters. The minimum Gasteiger partial charge on any atom is -0.491 e. The predicted molar refractivity (Wildman–Crippen MR) is 190 cm³/mol. The minimum atomic E-state index is -4.24. The number of hydrogen-bond acceptors (Lipinski definition) is 10. The normalized spacial score (nSPS) is 20.2. The molecule has 0 radical (unpaired) electrons. The summed E-state index contributed by atoms with van der Waals surface area (Å²) in [4.78, 5) is 28.0. The number of piperidine rings is 1. The summed E-state index contributed by atoms with van der Waals surface area (Å²) < 4.78 is 88.1. The molecule has 1 spiro atoms. The number of sulfonamides is 1. The predicted octanol–water partition coefficient (Wildman–Crippen LogP) is 4.09. The standard InChI is InChI=1S/C36H46FN3O10S2/c1-5-38-21-31(33(42)29-10-7-11-30(37)32(29)38)52(46,47)39-16-14-36(15-17-39)19-24(22-49-36)40(34(43)50-35(2,3)4)20-25(41)23-48-26-8-6-9-28(18-26)51(44,45)27-12-13-27/h6-11,18,21,24-25,27,41H,5,12-17,19-20,22-23H2,1-4H3/t24-,25+/m1/s1. The van der Waals surface area contributed by atoms with E-state index in [2.05, 4.69) is 0 Å². The van der Waals surface area contributed by atoms with Crippen molar-refractivity contribution in [3.8, 4) is 5.75 Å². The van der Waals surface area contributed by atoms with Crippen LogP contribution in [0.1, 0.15) is 59.8 Å². The molecule has 3 aliphatic rings. The molecule has 52 heavy (non-hydrogen) atoms. The third-order valence-corrected chi connectivity index (χ3v) is 14.0. The molecule has 1 saturated carbocycles. The van der Waals surface area contributed by atoms with Gasteiger partial charge >= 0.3 is 6.09 Å². The Labute approximate surface area is 303 Å². The van der Waals surface area contributed by atoms with Gasteiger partial charge in [0.15, 0.2) is 9.84 Å². The van der Waals surface area contributed by atoms with E-state index >= 15 is 0 Å². The van der Waals surface area contributed by atoms with Crippen molar-refractivity contribution in [2.24, 2.45) is 0 Å². The summed E-state index contributed by atoms with van der Waals surface area (Å²) in [6.07, 6.45) is 1.58. The Hall–Kier alpha value is -3.57. The third-order valence-electron chi connectivity index (χ3n) is 9.81. The van der Waals surface area contributed by atoms with Gasteiger partial charge in [0.2, 0.25) is 15.5 Å². The molecule has 1 aromatic heterocycles. The van der Waals surface area contributed by atoms with Crippen LogP contribution < -0.4 is 10.2 Å². The Bertz CT molecular complexity index is 2100. The SMILES string of the molecule is CCn1cc(S(=O)(=O)N2CCC3(CC2)C[C@@H](N(C[C@H](O)COc2cccc(S(=O)(=O)C4CC4)c2)C(=O)OC(C)(C)C)CO3)c(=O)c2cccc(F)c21. The highest BCUT2D eigenvalue weighted by atomic mass is 32.2. The average molecular weight is 764 g/mol. The lowest BCUT2D eigenvalue weighted by Gasteiger charge is -2.38. The number of aryl methyl sites for hydroxylation is 1. The summed E-state index contributed by atoms with van der Waals surface area (Å²) in [5.74, 6) is -0.334. The zero-order valence-corrected chi connectivity index (χ0v) is 31.4. The molecule has 6 rings (SSSR count). The number of sulfone groups is 1. The van der Waals surface area contributed by atoms with Crippen LogP contribution in [0.25, 0.3) is 10.9 Å². The number of aliphatic hydroxyl groups excluding tert-OH is 1. The number of aromatic nitrogens is 1. The maximum absolute atomic E-state index is 14.6. The quantitative estimate of drug-likeness (QED) is 0.301. The summed E-state index contributed by atoms with van der Waals surface area (Å²) in [5.41, 5.74) is -2.30. The van der Waals surface area contributed by atoms with Crippen molar-refractivity contribution in [1.29, 1.82) is 0 Å². The zero-order valence-electron chi connectivity index (χ0n) is 29.8. The Morgan fingerprint density at radius 3 is 2.46 bits per heavy atom. The molecular weight excluding hydrogens is 718 g/mol. The van der Waals surface area contributed by atoms with Crippen LogP contribution in [0.3, 0.4) is 0 Å². The van der Waals surface area contributed by atoms with Crippen LogP contribution in [-0.2, 0) is 35.9 Å². The molecule has 16 heteroatoms. The highest BCUT2D eigenvalue weighted by Gasteiger charge is 2.48. The largest absolute Gasteiger partial charge is 0.491 e. The van der Waals surface area contributed by atoms with E-state index < -0.39 is 65.4 Å². The summed E-state index contributed by atoms with van der Waals surface area (Å²) in [7, 11) is -7.67. The number of para-hydroxylation sites is 1. The Balaban J connectivity index is 1.13. The first-order valence-electron chi connectivity index (χ1n) is 17.5. The van der Waals surface area contributed by atoms with Gasteiger partial charge < -0.3 is 28.8 Å². The number of nitrogens with zero attached hydrogens (tertiary/aromatic N) is 3. The van der Waals surface area contributed by atoms with Crippen LogP contribution >= 0.6 is 0 Å². The third kappa shape index (κ3) is 7.86. The van der Waals surface area contributed by atoms with E-state index in [9.17, 15) is 35.9 Å². The average Bonchev–Trinajstić information content (AvgIpc) is 3.89. The van der Waals surface area contributed by atoms with E-state index in [-0.39, 0.29) is 66.2 Å². The lowest BCUT2D eigenvalue weighted by atomic mass is 9.88. The van der Waals surface area contributed by atoms with E-state index in [4.69, 9.17) is 14.2 Å². The van der Waals surface area contributed by atoms with Gasteiger partial charge in [-0.15, -0.1) is 0 Å². The van der Waals surface area contributed by atoms with Gasteiger partial charge in [-0.3, -0.25) is 4.79 Å². The van der Waals surface area contributed by atoms with Gasteiger partial charge in [0.1, 0.15) is 34.8 Å². The number of halogens is 1. The Kier molecular flexibility index (Phi) is 10.5. The van der Waals surface area contributed by atoms with E-state index in [1.807, 2.05) is 0 Å². The maximum Gasteiger partial charge on any atom is 0.410 e. The highest BCUT2D eigenvalue weighted by molar-refractivity contribution is 7.92. The smallest absolute Gasteiger partial charge is 0.410 e. The van der Waals surface area contributed by atoms with Gasteiger partial charge in [0.05, 0.1) is 45.8 Å². The molecule has 0 unspecified atom stereocenters. The fraction of sp³-hybridized carbons (Fsp3) is 0.556. The van der Waals surface area contributed by atoms with Crippen molar-refractivity contribution in [3.05, 3.63) is 64.7 Å². The van der Waals surface area contributed by atoms with E-state index in [0.717, 1.165) is 0 Å². The number of pyridine rings is 1. The molecular formula is C36H46FN3O10S2. The number of benzene rings is 2. The Morgan fingerprint density at radius 1 is 1.12 bits per heavy atom. The number of hydrogen-bond donors (Lipinski definition) is 1. The lowest BCUT2D eigenvalue weighted by molar-refractivity contribution is -0.0329. The molecule has 2 aliphatic heterocycles. The second kappa shape index (κ2) is 14.3. The van der Waals surface area contributed by atoms with E-state index in [1.165, 1.54) is 50.3 Å². The number of carbonyl (C=O) groups is 1. The van der Waals surface area contributed by atoms with Crippen LogP contribution in [0.4, 0.5) is 9.18 Å². The van der Waals surface area contributed by atoms with Gasteiger partial charge in [-0.1, -0.05) is 12.1 Å². The highest BCUT2D eigenvalue weighted by Crippen LogP contribution is 2.39. The second-order valence-electron chi connectivity index (χ2n) is 14.8. The van der Waals surface area contributed by atoms with Crippen molar-refractivity contribution in [1.82, 2.24) is 13.8 Å². The fourth-order valence-electron chi connectivity index (χ4n) is 6.94. The summed E-state index contributed by atoms with van der Waals surface area (Å²) in [6, 6.07) is 9.66. The molecule has 2 aromatic carbocycles. The first-order chi connectivity index (χ1) is 24.4. The van der Waals surface area contributed by atoms with Gasteiger partial charge in [-0.25, -0.2) is 26.0 Å². The first kappa shape index (κ1) is 38.2. The van der Waals surface area contributed by atoms with Crippen LogP contribution in [0.5, 0.6) is 5.75 Å². The number of fused-ring (bicyclic) bond motifs is 1. The van der Waals surface area contributed by atoms with Crippen LogP contribution in [0.15, 0.2) is 63.2 Å². The molecule has 3 heterocycles.